The fourth-order valence-corrected chi connectivity index (χ4v) is 9.52. The Kier molecular flexibility index (Phi) is 9.19. The molecule has 4 aromatic rings. The largest absolute Gasteiger partial charge is 0.461 e. The molecule has 17 heteroatoms. The monoisotopic (exact) mass is 773 g/mol. The Bertz CT molecular complexity index is 2190. The number of hydrogen-bond acceptors (Lipinski definition) is 10. The van der Waals surface area contributed by atoms with Gasteiger partial charge in [-0.3, -0.25) is 4.90 Å². The second-order valence-corrected chi connectivity index (χ2v) is 15.6. The second-order valence-electron chi connectivity index (χ2n) is 14.6. The molecule has 5 heterocycles. The Labute approximate surface area is 310 Å². The van der Waals surface area contributed by atoms with E-state index in [-0.39, 0.29) is 82.2 Å². The minimum Gasteiger partial charge on any atom is -0.461 e. The highest BCUT2D eigenvalue weighted by atomic mass is 32.1. The first-order valence-electron chi connectivity index (χ1n) is 18.1. The van der Waals surface area contributed by atoms with Crippen molar-refractivity contribution in [2.24, 2.45) is 0 Å². The number of amides is 1. The van der Waals surface area contributed by atoms with Crippen molar-refractivity contribution in [2.75, 3.05) is 50.0 Å². The van der Waals surface area contributed by atoms with Crippen LogP contribution in [0, 0.1) is 23.0 Å². The van der Waals surface area contributed by atoms with Crippen LogP contribution >= 0.6 is 11.3 Å². The van der Waals surface area contributed by atoms with Gasteiger partial charge >= 0.3 is 18.3 Å². The Hall–Kier alpha value is -4.56. The number of carbonyl (C=O) groups is 1. The summed E-state index contributed by atoms with van der Waals surface area (Å²) in [4.78, 5) is 27.2. The fourth-order valence-electron chi connectivity index (χ4n) is 8.57. The van der Waals surface area contributed by atoms with E-state index in [9.17, 15) is 18.8 Å². The van der Waals surface area contributed by atoms with Crippen molar-refractivity contribution in [1.82, 2.24) is 19.8 Å². The standard InChI is InChI=1S/C37H37F6N7O3S/c1-2-50(20-9-12-48(17-20)35(51)53-21-5-3-6-21)33-23-13-25(37(41,42)43)28(22-7-8-26(39)31-27(22)24(15-44)32(45)54-31)29(40)30(23)46-34(47-33)52-18-36-10-4-11-49(36)16-19(38)14-36/h7-8,13,19-21H,2-6,9-12,14,16-18,45H2,1H3. The third kappa shape index (κ3) is 6.11. The zero-order valence-electron chi connectivity index (χ0n) is 29.3. The van der Waals surface area contributed by atoms with Crippen LogP contribution in [0.5, 0.6) is 6.01 Å². The van der Waals surface area contributed by atoms with Crippen LogP contribution in [0.1, 0.15) is 63.0 Å². The topological polar surface area (TPSA) is 121 Å². The van der Waals surface area contributed by atoms with E-state index in [0.29, 0.717) is 37.3 Å². The summed E-state index contributed by atoms with van der Waals surface area (Å²) < 4.78 is 104. The van der Waals surface area contributed by atoms with Gasteiger partial charge in [-0.05, 0) is 69.7 Å². The van der Waals surface area contributed by atoms with Crippen LogP contribution in [0.25, 0.3) is 32.1 Å². The number of benzene rings is 2. The molecular weight excluding hydrogens is 737 g/mol. The number of ether oxygens (including phenoxy) is 2. The Morgan fingerprint density at radius 1 is 1.17 bits per heavy atom. The molecule has 10 nitrogen and oxygen atoms in total. The predicted octanol–water partition coefficient (Wildman–Crippen LogP) is 7.81. The van der Waals surface area contributed by atoms with Gasteiger partial charge in [-0.1, -0.05) is 6.07 Å². The van der Waals surface area contributed by atoms with Gasteiger partial charge in [0.2, 0.25) is 0 Å². The molecule has 0 spiro atoms. The molecule has 3 aliphatic heterocycles. The van der Waals surface area contributed by atoms with Crippen molar-refractivity contribution in [3.8, 4) is 23.2 Å². The summed E-state index contributed by atoms with van der Waals surface area (Å²) in [6.07, 6.45) is -2.09. The van der Waals surface area contributed by atoms with Crippen molar-refractivity contribution in [2.45, 2.75) is 81.9 Å². The summed E-state index contributed by atoms with van der Waals surface area (Å²) in [5, 5.41) is 9.25. The van der Waals surface area contributed by atoms with Gasteiger partial charge in [0.15, 0.2) is 5.82 Å². The maximum atomic E-state index is 17.3. The molecule has 3 unspecified atom stereocenters. The number of likely N-dealkylation sites (tertiary alicyclic amines) is 1. The van der Waals surface area contributed by atoms with Crippen molar-refractivity contribution >= 4 is 49.2 Å². The molecule has 1 amide bonds. The van der Waals surface area contributed by atoms with Gasteiger partial charge in [-0.15, -0.1) is 11.3 Å². The van der Waals surface area contributed by atoms with E-state index >= 15 is 17.6 Å². The molecular formula is C37H37F6N7O3S. The van der Waals surface area contributed by atoms with Crippen molar-refractivity contribution in [1.29, 1.82) is 5.26 Å². The molecule has 0 radical (unpaired) electrons. The maximum Gasteiger partial charge on any atom is 0.417 e. The molecule has 286 valence electrons. The molecule has 3 saturated heterocycles. The molecule has 4 fully saturated rings. The van der Waals surface area contributed by atoms with Crippen molar-refractivity contribution in [3.63, 3.8) is 0 Å². The number of aromatic nitrogens is 2. The number of nitrogens with zero attached hydrogens (tertiary/aromatic N) is 6. The first kappa shape index (κ1) is 36.4. The Morgan fingerprint density at radius 3 is 2.67 bits per heavy atom. The van der Waals surface area contributed by atoms with Crippen molar-refractivity contribution < 1.29 is 40.6 Å². The molecule has 1 aliphatic carbocycles. The second kappa shape index (κ2) is 13.6. The number of anilines is 2. The van der Waals surface area contributed by atoms with Crippen LogP contribution in [-0.4, -0.2) is 89.0 Å². The molecule has 0 bridgehead atoms. The zero-order valence-corrected chi connectivity index (χ0v) is 30.1. The molecule has 2 aromatic carbocycles. The first-order chi connectivity index (χ1) is 25.8. The molecule has 8 rings (SSSR count). The van der Waals surface area contributed by atoms with Gasteiger partial charge in [-0.25, -0.2) is 18.0 Å². The normalized spacial score (nSPS) is 23.2. The number of fused-ring (bicyclic) bond motifs is 3. The van der Waals surface area contributed by atoms with Crippen LogP contribution in [0.3, 0.4) is 0 Å². The molecule has 1 saturated carbocycles. The number of carbonyl (C=O) groups excluding carboxylic acids is 1. The van der Waals surface area contributed by atoms with Gasteiger partial charge < -0.3 is 25.0 Å². The summed E-state index contributed by atoms with van der Waals surface area (Å²) >= 11 is 0.680. The van der Waals surface area contributed by atoms with E-state index in [2.05, 4.69) is 9.97 Å². The number of nitrogens with two attached hydrogens (primary N) is 1. The SMILES string of the molecule is CCN(c1nc(OCC23CCCN2CC(F)C3)nc2c(F)c(-c3ccc(F)c4sc(N)c(C#N)c34)c(C(F)(F)F)cc12)C1CCN(C(=O)OC2CCC2)C1. The third-order valence-corrected chi connectivity index (χ3v) is 12.4. The minimum atomic E-state index is -5.13. The number of alkyl halides is 4. The summed E-state index contributed by atoms with van der Waals surface area (Å²) in [7, 11) is 0. The van der Waals surface area contributed by atoms with Gasteiger partial charge in [0.25, 0.3) is 0 Å². The van der Waals surface area contributed by atoms with E-state index < -0.39 is 58.3 Å². The highest BCUT2D eigenvalue weighted by Gasteiger charge is 2.49. The van der Waals surface area contributed by atoms with Gasteiger partial charge in [0.1, 0.15) is 47.1 Å². The van der Waals surface area contributed by atoms with E-state index in [4.69, 9.17) is 15.2 Å². The van der Waals surface area contributed by atoms with Gasteiger partial charge in [0, 0.05) is 55.0 Å². The zero-order chi connectivity index (χ0) is 38.1. The number of thiophene rings is 1. The number of likely N-dealkylation sites (N-methyl/N-ethyl adjacent to an activating group) is 1. The van der Waals surface area contributed by atoms with Crippen LogP contribution in [0.2, 0.25) is 0 Å². The van der Waals surface area contributed by atoms with Gasteiger partial charge in [-0.2, -0.15) is 28.4 Å². The van der Waals surface area contributed by atoms with Crippen LogP contribution in [0.15, 0.2) is 18.2 Å². The number of nitriles is 1. The highest BCUT2D eigenvalue weighted by Crippen LogP contribution is 2.48. The fraction of sp³-hybridized carbons (Fsp3) is 0.514. The number of halogens is 6. The first-order valence-corrected chi connectivity index (χ1v) is 18.9. The lowest BCUT2D eigenvalue weighted by atomic mass is 9.92. The molecule has 54 heavy (non-hydrogen) atoms. The lowest BCUT2D eigenvalue weighted by molar-refractivity contribution is -0.137. The quantitative estimate of drug-likeness (QED) is 0.179. The molecule has 2 aromatic heterocycles. The summed E-state index contributed by atoms with van der Waals surface area (Å²) in [6.45, 7) is 3.41. The number of nitrogen functional groups attached to an aromatic ring is 1. The predicted molar refractivity (Wildman–Crippen MR) is 190 cm³/mol. The van der Waals surface area contributed by atoms with Crippen LogP contribution in [0.4, 0.5) is 42.0 Å². The number of hydrogen-bond donors (Lipinski definition) is 1. The summed E-state index contributed by atoms with van der Waals surface area (Å²) in [5.41, 5.74) is 1.88. The van der Waals surface area contributed by atoms with E-state index in [1.165, 1.54) is 0 Å². The van der Waals surface area contributed by atoms with E-state index in [0.717, 1.165) is 43.9 Å². The Balaban J connectivity index is 1.29. The summed E-state index contributed by atoms with van der Waals surface area (Å²) in [6, 6.07) is 3.76. The maximum absolute atomic E-state index is 17.3. The highest BCUT2D eigenvalue weighted by molar-refractivity contribution is 7.23. The van der Waals surface area contributed by atoms with Crippen LogP contribution < -0.4 is 15.4 Å². The van der Waals surface area contributed by atoms with Gasteiger partial charge in [0.05, 0.1) is 21.4 Å². The molecule has 4 aliphatic rings. The molecule has 2 N–H and O–H groups in total. The lowest BCUT2D eigenvalue weighted by Gasteiger charge is -2.32. The lowest BCUT2D eigenvalue weighted by Crippen LogP contribution is -2.43. The summed E-state index contributed by atoms with van der Waals surface area (Å²) in [5.74, 6) is -2.25. The smallest absolute Gasteiger partial charge is 0.417 e. The third-order valence-electron chi connectivity index (χ3n) is 11.4. The Morgan fingerprint density at radius 2 is 1.96 bits per heavy atom. The number of rotatable bonds is 8. The van der Waals surface area contributed by atoms with Crippen LogP contribution in [-0.2, 0) is 10.9 Å². The van der Waals surface area contributed by atoms with Crippen molar-refractivity contribution in [3.05, 3.63) is 41.0 Å². The van der Waals surface area contributed by atoms with E-state index in [1.54, 1.807) is 16.7 Å². The van der Waals surface area contributed by atoms with E-state index in [1.807, 2.05) is 11.0 Å². The average Bonchev–Trinajstić information content (AvgIpc) is 3.89. The average molecular weight is 774 g/mol. The minimum absolute atomic E-state index is 0.0257. The molecule has 3 atom stereocenters.